The van der Waals surface area contributed by atoms with Gasteiger partial charge in [-0.3, -0.25) is 4.57 Å². The lowest BCUT2D eigenvalue weighted by Gasteiger charge is -2.18. The van der Waals surface area contributed by atoms with Crippen LogP contribution in [0.5, 0.6) is 5.75 Å². The predicted molar refractivity (Wildman–Crippen MR) is 129 cm³/mol. The maximum atomic E-state index is 13.3. The summed E-state index contributed by atoms with van der Waals surface area (Å²) in [7, 11) is -2.77. The molecule has 1 unspecified atom stereocenters. The van der Waals surface area contributed by atoms with E-state index in [4.69, 9.17) is 9.47 Å². The lowest BCUT2D eigenvalue weighted by atomic mass is 9.91. The van der Waals surface area contributed by atoms with E-state index in [0.717, 1.165) is 33.4 Å². The fraction of sp³-hybridized carbons (Fsp3) is 0.308. The number of rotatable bonds is 10. The number of benzene rings is 3. The van der Waals surface area contributed by atoms with E-state index in [2.05, 4.69) is 6.07 Å². The van der Waals surface area contributed by atoms with Crippen LogP contribution in [0, 0.1) is 19.7 Å². The summed E-state index contributed by atoms with van der Waals surface area (Å²) in [6.45, 7) is 3.96. The molecule has 0 spiro atoms. The standard InChI is InChI=1S/C26H30FO6P/c1-17-10-21(25(28)15-34(29,30)31)11-18(2)24(17)14-20-6-9-26(33-16-32-3)22(13-20)12-19-4-7-23(27)8-5-19/h4-11,13,25,28H,12,14-16H2,1-3H3,(H2,29,30,31). The summed E-state index contributed by atoms with van der Waals surface area (Å²) in [5, 5.41) is 10.2. The highest BCUT2D eigenvalue weighted by Crippen LogP contribution is 2.39. The molecule has 0 bridgehead atoms. The molecule has 3 N–H and O–H groups in total. The first-order valence-corrected chi connectivity index (χ1v) is 12.7. The summed E-state index contributed by atoms with van der Waals surface area (Å²) >= 11 is 0. The second-order valence-corrected chi connectivity index (χ2v) is 10.2. The largest absolute Gasteiger partial charge is 0.467 e. The maximum absolute atomic E-state index is 13.3. The molecule has 8 heteroatoms. The molecular weight excluding hydrogens is 458 g/mol. The van der Waals surface area contributed by atoms with Gasteiger partial charge in [0.25, 0.3) is 0 Å². The average Bonchev–Trinajstić information content (AvgIpc) is 2.76. The van der Waals surface area contributed by atoms with Crippen LogP contribution in [0.2, 0.25) is 0 Å². The molecule has 0 aromatic heterocycles. The van der Waals surface area contributed by atoms with E-state index in [1.165, 1.54) is 12.1 Å². The summed E-state index contributed by atoms with van der Waals surface area (Å²) < 4.78 is 35.4. The van der Waals surface area contributed by atoms with Crippen molar-refractivity contribution in [3.63, 3.8) is 0 Å². The van der Waals surface area contributed by atoms with Gasteiger partial charge in [-0.05, 0) is 77.4 Å². The molecule has 0 aliphatic carbocycles. The summed E-state index contributed by atoms with van der Waals surface area (Å²) in [6, 6.07) is 15.9. The molecule has 3 aromatic carbocycles. The van der Waals surface area contributed by atoms with Crippen molar-refractivity contribution >= 4 is 7.60 Å². The van der Waals surface area contributed by atoms with E-state index in [0.29, 0.717) is 24.2 Å². The van der Waals surface area contributed by atoms with Crippen LogP contribution < -0.4 is 4.74 Å². The van der Waals surface area contributed by atoms with Crippen molar-refractivity contribution in [2.75, 3.05) is 20.1 Å². The molecule has 3 aromatic rings. The van der Waals surface area contributed by atoms with Crippen LogP contribution in [0.15, 0.2) is 54.6 Å². The first-order valence-electron chi connectivity index (χ1n) is 10.9. The molecule has 0 aliphatic heterocycles. The van der Waals surface area contributed by atoms with Gasteiger partial charge in [0.05, 0.1) is 12.3 Å². The van der Waals surface area contributed by atoms with Gasteiger partial charge in [0.1, 0.15) is 11.6 Å². The van der Waals surface area contributed by atoms with Crippen molar-refractivity contribution in [2.24, 2.45) is 0 Å². The number of ether oxygens (including phenoxy) is 2. The number of hydrogen-bond acceptors (Lipinski definition) is 4. The van der Waals surface area contributed by atoms with Gasteiger partial charge in [-0.2, -0.15) is 0 Å². The Morgan fingerprint density at radius 1 is 0.941 bits per heavy atom. The zero-order valence-electron chi connectivity index (χ0n) is 19.5. The lowest BCUT2D eigenvalue weighted by molar-refractivity contribution is 0.0505. The van der Waals surface area contributed by atoms with E-state index >= 15 is 0 Å². The molecule has 0 fully saturated rings. The van der Waals surface area contributed by atoms with Gasteiger partial charge in [0, 0.05) is 13.5 Å². The predicted octanol–water partition coefficient (Wildman–Crippen LogP) is 4.82. The van der Waals surface area contributed by atoms with Crippen LogP contribution in [0.25, 0.3) is 0 Å². The highest BCUT2D eigenvalue weighted by atomic mass is 31.2. The van der Waals surface area contributed by atoms with Gasteiger partial charge >= 0.3 is 7.60 Å². The fourth-order valence-electron chi connectivity index (χ4n) is 4.00. The minimum absolute atomic E-state index is 0.117. The normalized spacial score (nSPS) is 12.6. The zero-order valence-corrected chi connectivity index (χ0v) is 20.4. The molecule has 0 aliphatic rings. The van der Waals surface area contributed by atoms with Crippen molar-refractivity contribution in [1.29, 1.82) is 0 Å². The third kappa shape index (κ3) is 7.23. The Balaban J connectivity index is 1.88. The number of aryl methyl sites for hydroxylation is 2. The number of halogens is 1. The molecular formula is C26H30FO6P. The van der Waals surface area contributed by atoms with Gasteiger partial charge in [-0.15, -0.1) is 0 Å². The highest BCUT2D eigenvalue weighted by Gasteiger charge is 2.22. The zero-order chi connectivity index (χ0) is 24.9. The second kappa shape index (κ2) is 11.3. The summed E-state index contributed by atoms with van der Waals surface area (Å²) in [6.07, 6.45) is -0.639. The van der Waals surface area contributed by atoms with Crippen molar-refractivity contribution in [1.82, 2.24) is 0 Å². The Labute approximate surface area is 199 Å². The molecule has 0 amide bonds. The first kappa shape index (κ1) is 26.1. The fourth-order valence-corrected chi connectivity index (χ4v) is 4.66. The van der Waals surface area contributed by atoms with Crippen molar-refractivity contribution in [2.45, 2.75) is 32.8 Å². The van der Waals surface area contributed by atoms with E-state index < -0.39 is 19.9 Å². The van der Waals surface area contributed by atoms with Crippen LogP contribution >= 0.6 is 7.60 Å². The topological polar surface area (TPSA) is 96.2 Å². The highest BCUT2D eigenvalue weighted by molar-refractivity contribution is 7.51. The smallest absolute Gasteiger partial charge is 0.328 e. The van der Waals surface area contributed by atoms with Crippen LogP contribution in [0.4, 0.5) is 4.39 Å². The molecule has 0 radical (unpaired) electrons. The number of hydrogen-bond donors (Lipinski definition) is 3. The van der Waals surface area contributed by atoms with Crippen LogP contribution in [-0.2, 0) is 22.1 Å². The number of methoxy groups -OCH3 is 1. The minimum Gasteiger partial charge on any atom is -0.467 e. The number of aliphatic hydroxyl groups is 1. The summed E-state index contributed by atoms with van der Waals surface area (Å²) in [4.78, 5) is 18.3. The molecule has 6 nitrogen and oxygen atoms in total. The maximum Gasteiger partial charge on any atom is 0.328 e. The van der Waals surface area contributed by atoms with E-state index in [1.807, 2.05) is 26.0 Å². The van der Waals surface area contributed by atoms with Gasteiger partial charge in [0.2, 0.25) is 0 Å². The Kier molecular flexibility index (Phi) is 8.63. The number of aliphatic hydroxyl groups excluding tert-OH is 1. The van der Waals surface area contributed by atoms with Gasteiger partial charge in [-0.1, -0.05) is 36.4 Å². The second-order valence-electron chi connectivity index (χ2n) is 8.47. The molecule has 34 heavy (non-hydrogen) atoms. The van der Waals surface area contributed by atoms with Gasteiger partial charge < -0.3 is 24.4 Å². The third-order valence-electron chi connectivity index (χ3n) is 5.66. The molecule has 1 atom stereocenters. The Morgan fingerprint density at radius 3 is 2.15 bits per heavy atom. The van der Waals surface area contributed by atoms with Crippen LogP contribution in [0.1, 0.15) is 45.0 Å². The van der Waals surface area contributed by atoms with Gasteiger partial charge in [-0.25, -0.2) is 4.39 Å². The van der Waals surface area contributed by atoms with E-state index in [-0.39, 0.29) is 12.6 Å². The first-order chi connectivity index (χ1) is 16.1. The SMILES string of the molecule is COCOc1ccc(Cc2c(C)cc(C(O)CP(=O)(O)O)cc2C)cc1Cc1ccc(F)cc1. The molecule has 0 saturated carbocycles. The molecule has 182 valence electrons. The van der Waals surface area contributed by atoms with E-state index in [1.54, 1.807) is 31.4 Å². The third-order valence-corrected chi connectivity index (χ3v) is 6.48. The lowest BCUT2D eigenvalue weighted by Crippen LogP contribution is -2.07. The van der Waals surface area contributed by atoms with Gasteiger partial charge in [0.15, 0.2) is 6.79 Å². The quantitative estimate of drug-likeness (QED) is 0.280. The Bertz CT molecular complexity index is 1150. The van der Waals surface area contributed by atoms with Crippen molar-refractivity contribution in [3.05, 3.63) is 99.4 Å². The molecule has 3 rings (SSSR count). The van der Waals surface area contributed by atoms with Crippen LogP contribution in [0.3, 0.4) is 0 Å². The Hall–Kier alpha value is -2.54. The molecule has 0 heterocycles. The monoisotopic (exact) mass is 488 g/mol. The van der Waals surface area contributed by atoms with Crippen molar-refractivity contribution < 1.29 is 33.3 Å². The summed E-state index contributed by atoms with van der Waals surface area (Å²) in [5.74, 6) is 0.410. The van der Waals surface area contributed by atoms with Crippen LogP contribution in [-0.4, -0.2) is 35.0 Å². The average molecular weight is 488 g/mol. The molecule has 0 saturated heterocycles. The minimum atomic E-state index is -4.33. The van der Waals surface area contributed by atoms with Crippen molar-refractivity contribution in [3.8, 4) is 5.75 Å². The van der Waals surface area contributed by atoms with E-state index in [9.17, 15) is 23.8 Å². The Morgan fingerprint density at radius 2 is 1.56 bits per heavy atom. The summed E-state index contributed by atoms with van der Waals surface area (Å²) in [5.41, 5.74) is 6.38.